The van der Waals surface area contributed by atoms with Crippen LogP contribution in [0.5, 0.6) is 0 Å². The summed E-state index contributed by atoms with van der Waals surface area (Å²) in [4.78, 5) is 12.8. The Hall–Kier alpha value is -0.830. The van der Waals surface area contributed by atoms with Crippen LogP contribution in [0.1, 0.15) is 106 Å². The molecule has 4 unspecified atom stereocenters. The van der Waals surface area contributed by atoms with Crippen molar-refractivity contribution in [1.82, 2.24) is 0 Å². The largest absolute Gasteiger partial charge is 0.481 e. The zero-order chi connectivity index (χ0) is 24.2. The summed E-state index contributed by atoms with van der Waals surface area (Å²) >= 11 is 0. The van der Waals surface area contributed by atoms with Gasteiger partial charge in [-0.05, 0) is 109 Å². The van der Waals surface area contributed by atoms with Gasteiger partial charge in [-0.15, -0.1) is 0 Å². The van der Waals surface area contributed by atoms with Crippen LogP contribution in [0, 0.1) is 56.7 Å². The summed E-state index contributed by atoms with van der Waals surface area (Å²) in [6.45, 7) is 17.0. The second-order valence-electron chi connectivity index (χ2n) is 14.5. The minimum Gasteiger partial charge on any atom is -0.481 e. The van der Waals surface area contributed by atoms with Crippen molar-refractivity contribution in [3.05, 3.63) is 11.6 Å². The van der Waals surface area contributed by atoms with Crippen LogP contribution in [0.25, 0.3) is 0 Å². The second-order valence-corrected chi connectivity index (χ2v) is 14.5. The van der Waals surface area contributed by atoms with Crippen LogP contribution >= 0.6 is 0 Å². The molecule has 5 aliphatic carbocycles. The van der Waals surface area contributed by atoms with Gasteiger partial charge in [-0.3, -0.25) is 4.79 Å². The Labute approximate surface area is 201 Å². The lowest BCUT2D eigenvalue weighted by atomic mass is 9.33. The van der Waals surface area contributed by atoms with Crippen LogP contribution in [0.15, 0.2) is 11.6 Å². The quantitative estimate of drug-likeness (QED) is 0.414. The fourth-order valence-electron chi connectivity index (χ4n) is 10.8. The van der Waals surface area contributed by atoms with E-state index in [9.17, 15) is 15.0 Å². The molecule has 0 amide bonds. The van der Waals surface area contributed by atoms with E-state index in [1.807, 2.05) is 0 Å². The minimum absolute atomic E-state index is 0.0302. The number of carboxylic acids is 1. The van der Waals surface area contributed by atoms with Gasteiger partial charge in [0.05, 0.1) is 11.5 Å². The lowest BCUT2D eigenvalue weighted by molar-refractivity contribution is -0.206. The highest BCUT2D eigenvalue weighted by Gasteiger charge is 2.69. The predicted octanol–water partition coefficient (Wildman–Crippen LogP) is 7.09. The van der Waals surface area contributed by atoms with Crippen molar-refractivity contribution < 1.29 is 15.0 Å². The third-order valence-corrected chi connectivity index (χ3v) is 13.4. The first-order chi connectivity index (χ1) is 15.3. The summed E-state index contributed by atoms with van der Waals surface area (Å²) in [7, 11) is 0. The Morgan fingerprint density at radius 1 is 0.909 bits per heavy atom. The van der Waals surface area contributed by atoms with E-state index in [0.717, 1.165) is 44.9 Å². The standard InChI is InChI=1S/C30H48O3/c1-18-10-15-30(25(32)33)17-16-28(6)20(24(30)19(18)2)8-9-22-27(5)13-12-23(31)26(3,4)21(27)11-14-29(22,28)7/h8,18-19,21-24,31H,9-17H2,1-7H3,(H,32,33)/t18-,19+,21?,22?,23+,24?,27+,28-,29?,30+/m1/s1. The minimum atomic E-state index is -0.557. The van der Waals surface area contributed by atoms with Crippen molar-refractivity contribution in [2.45, 2.75) is 112 Å². The van der Waals surface area contributed by atoms with Gasteiger partial charge in [-0.1, -0.05) is 60.1 Å². The Bertz CT molecular complexity index is 874. The van der Waals surface area contributed by atoms with Gasteiger partial charge in [0, 0.05) is 0 Å². The number of hydrogen-bond acceptors (Lipinski definition) is 2. The van der Waals surface area contributed by atoms with Crippen LogP contribution in [-0.4, -0.2) is 22.3 Å². The van der Waals surface area contributed by atoms with Crippen molar-refractivity contribution in [3.63, 3.8) is 0 Å². The van der Waals surface area contributed by atoms with E-state index in [0.29, 0.717) is 23.7 Å². The molecule has 0 aromatic rings. The maximum atomic E-state index is 12.8. The first-order valence-corrected chi connectivity index (χ1v) is 13.9. The van der Waals surface area contributed by atoms with Crippen LogP contribution in [0.4, 0.5) is 0 Å². The molecule has 0 saturated heterocycles. The van der Waals surface area contributed by atoms with Crippen LogP contribution < -0.4 is 0 Å². The molecule has 5 aliphatic rings. The normalized spacial score (nSPS) is 55.3. The van der Waals surface area contributed by atoms with E-state index in [1.165, 1.54) is 18.4 Å². The highest BCUT2D eigenvalue weighted by molar-refractivity contribution is 5.76. The fourth-order valence-corrected chi connectivity index (χ4v) is 10.8. The molecule has 0 aromatic heterocycles. The van der Waals surface area contributed by atoms with E-state index >= 15 is 0 Å². The van der Waals surface area contributed by atoms with Gasteiger partial charge in [0.1, 0.15) is 0 Å². The van der Waals surface area contributed by atoms with Gasteiger partial charge in [0.15, 0.2) is 0 Å². The van der Waals surface area contributed by atoms with Gasteiger partial charge in [-0.25, -0.2) is 0 Å². The summed E-state index contributed by atoms with van der Waals surface area (Å²) in [6, 6.07) is 0. The number of aliphatic carboxylic acids is 1. The van der Waals surface area contributed by atoms with Gasteiger partial charge in [-0.2, -0.15) is 0 Å². The topological polar surface area (TPSA) is 57.5 Å². The van der Waals surface area contributed by atoms with Crippen molar-refractivity contribution in [2.75, 3.05) is 0 Å². The van der Waals surface area contributed by atoms with E-state index in [4.69, 9.17) is 0 Å². The molecule has 4 fully saturated rings. The molecule has 5 rings (SSSR count). The number of hydrogen-bond donors (Lipinski definition) is 2. The number of fused-ring (bicyclic) bond motifs is 7. The highest BCUT2D eigenvalue weighted by Crippen LogP contribution is 2.75. The average molecular weight is 457 g/mol. The molecule has 186 valence electrons. The smallest absolute Gasteiger partial charge is 0.310 e. The second kappa shape index (κ2) is 7.11. The Kier molecular flexibility index (Phi) is 5.15. The Morgan fingerprint density at radius 2 is 1.61 bits per heavy atom. The molecule has 0 radical (unpaired) electrons. The van der Waals surface area contributed by atoms with Crippen molar-refractivity contribution in [3.8, 4) is 0 Å². The third kappa shape index (κ3) is 2.75. The summed E-state index contributed by atoms with van der Waals surface area (Å²) in [6.07, 6.45) is 11.6. The van der Waals surface area contributed by atoms with E-state index in [1.54, 1.807) is 0 Å². The van der Waals surface area contributed by atoms with Gasteiger partial charge in [0.2, 0.25) is 0 Å². The zero-order valence-electron chi connectivity index (χ0n) is 22.2. The number of rotatable bonds is 1. The molecule has 0 bridgehead atoms. The zero-order valence-corrected chi connectivity index (χ0v) is 22.2. The first-order valence-electron chi connectivity index (χ1n) is 13.9. The molecule has 33 heavy (non-hydrogen) atoms. The summed E-state index contributed by atoms with van der Waals surface area (Å²) in [5.41, 5.74) is 1.46. The van der Waals surface area contributed by atoms with E-state index in [-0.39, 0.29) is 33.7 Å². The molecule has 0 aromatic carbocycles. The number of allylic oxidation sites excluding steroid dienone is 2. The molecule has 0 spiro atoms. The number of aliphatic hydroxyl groups is 1. The maximum absolute atomic E-state index is 12.8. The average Bonchev–Trinajstić information content (AvgIpc) is 2.74. The maximum Gasteiger partial charge on any atom is 0.310 e. The molecule has 2 N–H and O–H groups in total. The first kappa shape index (κ1) is 23.9. The van der Waals surface area contributed by atoms with Crippen molar-refractivity contribution in [1.29, 1.82) is 0 Å². The lowest BCUT2D eigenvalue weighted by Gasteiger charge is -2.71. The van der Waals surface area contributed by atoms with Crippen LogP contribution in [0.3, 0.4) is 0 Å². The molecule has 3 heteroatoms. The van der Waals surface area contributed by atoms with Gasteiger partial charge < -0.3 is 10.2 Å². The molecular weight excluding hydrogens is 408 g/mol. The molecule has 10 atom stereocenters. The molecule has 3 nitrogen and oxygen atoms in total. The molecule has 4 saturated carbocycles. The summed E-state index contributed by atoms with van der Waals surface area (Å²) in [5, 5.41) is 21.4. The molecule has 0 heterocycles. The molecular formula is C30H48O3. The van der Waals surface area contributed by atoms with Gasteiger partial charge in [0.25, 0.3) is 0 Å². The molecule has 0 aliphatic heterocycles. The van der Waals surface area contributed by atoms with Crippen molar-refractivity contribution in [2.24, 2.45) is 56.7 Å². The Balaban J connectivity index is 1.61. The number of aliphatic hydroxyl groups excluding tert-OH is 1. The Morgan fingerprint density at radius 3 is 2.27 bits per heavy atom. The fraction of sp³-hybridized carbons (Fsp3) is 0.900. The van der Waals surface area contributed by atoms with Crippen LogP contribution in [-0.2, 0) is 4.79 Å². The summed E-state index contributed by atoms with van der Waals surface area (Å²) < 4.78 is 0. The monoisotopic (exact) mass is 456 g/mol. The highest BCUT2D eigenvalue weighted by atomic mass is 16.4. The van der Waals surface area contributed by atoms with E-state index < -0.39 is 11.4 Å². The number of carboxylic acid groups (broad SMARTS) is 1. The lowest BCUT2D eigenvalue weighted by Crippen LogP contribution is -2.65. The van der Waals surface area contributed by atoms with Gasteiger partial charge >= 0.3 is 5.97 Å². The SMILES string of the molecule is C[C@@H]1CC[C@]2(C(=O)O)CC[C@]3(C)C(=CCC4C3(C)CCC3C(C)(C)[C@@H](O)CC[C@@]34C)C2[C@H]1C. The predicted molar refractivity (Wildman–Crippen MR) is 133 cm³/mol. The van der Waals surface area contributed by atoms with Crippen molar-refractivity contribution >= 4 is 5.97 Å². The number of carbonyl (C=O) groups is 1. The third-order valence-electron chi connectivity index (χ3n) is 13.4. The summed E-state index contributed by atoms with van der Waals surface area (Å²) in [5.74, 6) is 1.82. The van der Waals surface area contributed by atoms with Crippen LogP contribution in [0.2, 0.25) is 0 Å². The van der Waals surface area contributed by atoms with E-state index in [2.05, 4.69) is 54.5 Å².